The number of piperazine rings is 1. The quantitative estimate of drug-likeness (QED) is 0.302. The van der Waals surface area contributed by atoms with Gasteiger partial charge in [-0.3, -0.25) is 13.7 Å². The highest BCUT2D eigenvalue weighted by Crippen LogP contribution is 2.31. The maximum absolute atomic E-state index is 14.7. The summed E-state index contributed by atoms with van der Waals surface area (Å²) in [6.45, 7) is 10.8. The smallest absolute Gasteiger partial charge is 0.410 e. The van der Waals surface area contributed by atoms with Crippen molar-refractivity contribution in [1.29, 1.82) is 0 Å². The third-order valence-electron chi connectivity index (χ3n) is 6.89. The number of hydrogen-bond donors (Lipinski definition) is 1. The lowest BCUT2D eigenvalue weighted by Crippen LogP contribution is -2.50. The monoisotopic (exact) mass is 629 g/mol. The Kier molecular flexibility index (Phi) is 8.29. The Hall–Kier alpha value is -4.24. The van der Waals surface area contributed by atoms with Crippen LogP contribution in [0.3, 0.4) is 0 Å². The number of halogens is 1. The molecule has 4 heterocycles. The molecule has 44 heavy (non-hydrogen) atoms. The molecule has 15 heteroatoms. The number of amides is 2. The standard InChI is InChI=1S/C29H36FN7O6S/c1-18-14-36-16-20(13-23(30)26(36)31-18)32-27(38)21-7-8-24(34-9-11-35(12-10-34)28(39)42-29(3,4)5)22-17-37(33-25(21)22)15-19(2)43-44(6,40)41/h7-8,13-14,16-17,19H,9-12,15H2,1-6H3,(H,32,38). The minimum Gasteiger partial charge on any atom is -0.444 e. The molecular formula is C29H36FN7O6S. The van der Waals surface area contributed by atoms with E-state index in [-0.39, 0.29) is 29.5 Å². The predicted octanol–water partition coefficient (Wildman–Crippen LogP) is 3.81. The van der Waals surface area contributed by atoms with Gasteiger partial charge in [-0.05, 0) is 46.8 Å². The molecule has 236 valence electrons. The fourth-order valence-corrected chi connectivity index (χ4v) is 5.84. The van der Waals surface area contributed by atoms with Crippen LogP contribution in [0.1, 0.15) is 43.7 Å². The summed E-state index contributed by atoms with van der Waals surface area (Å²) in [6.07, 6.45) is 4.86. The van der Waals surface area contributed by atoms with Gasteiger partial charge in [0.15, 0.2) is 11.5 Å². The van der Waals surface area contributed by atoms with Crippen LogP contribution < -0.4 is 10.2 Å². The van der Waals surface area contributed by atoms with Gasteiger partial charge in [-0.15, -0.1) is 0 Å². The van der Waals surface area contributed by atoms with Gasteiger partial charge < -0.3 is 24.3 Å². The van der Waals surface area contributed by atoms with Gasteiger partial charge in [0.1, 0.15) is 11.1 Å². The van der Waals surface area contributed by atoms with Gasteiger partial charge in [0, 0.05) is 61.9 Å². The number of carbonyl (C=O) groups is 2. The molecule has 0 spiro atoms. The Morgan fingerprint density at radius 2 is 1.82 bits per heavy atom. The van der Waals surface area contributed by atoms with Crippen LogP contribution in [-0.4, -0.2) is 88.6 Å². The van der Waals surface area contributed by atoms with Crippen molar-refractivity contribution in [2.45, 2.75) is 52.9 Å². The molecule has 1 saturated heterocycles. The topological polar surface area (TPSA) is 140 Å². The van der Waals surface area contributed by atoms with E-state index in [4.69, 9.17) is 8.92 Å². The number of pyridine rings is 1. The summed E-state index contributed by atoms with van der Waals surface area (Å²) in [5.41, 5.74) is 1.85. The third kappa shape index (κ3) is 7.10. The number of ether oxygens (including phenoxy) is 1. The van der Waals surface area contributed by atoms with Crippen LogP contribution in [-0.2, 0) is 25.6 Å². The summed E-state index contributed by atoms with van der Waals surface area (Å²) >= 11 is 0. The number of nitrogens with zero attached hydrogens (tertiary/aromatic N) is 6. The molecule has 1 aromatic carbocycles. The van der Waals surface area contributed by atoms with Crippen LogP contribution in [0.2, 0.25) is 0 Å². The number of carbonyl (C=O) groups excluding carboxylic acids is 2. The predicted molar refractivity (Wildman–Crippen MR) is 163 cm³/mol. The molecule has 0 saturated carbocycles. The van der Waals surface area contributed by atoms with Crippen molar-refractivity contribution in [2.24, 2.45) is 0 Å². The number of imidazole rings is 1. The number of benzene rings is 1. The SMILES string of the molecule is Cc1cn2cc(NC(=O)c3ccc(N4CCN(C(=O)OC(C)(C)C)CC4)c4cn(CC(C)OS(C)(=O)=O)nc34)cc(F)c2n1. The zero-order valence-corrected chi connectivity index (χ0v) is 26.3. The van der Waals surface area contributed by atoms with Crippen molar-refractivity contribution >= 4 is 50.0 Å². The van der Waals surface area contributed by atoms with E-state index in [9.17, 15) is 22.4 Å². The minimum absolute atomic E-state index is 0.108. The first-order valence-electron chi connectivity index (χ1n) is 14.1. The summed E-state index contributed by atoms with van der Waals surface area (Å²) in [4.78, 5) is 34.0. The van der Waals surface area contributed by atoms with Gasteiger partial charge in [0.25, 0.3) is 16.0 Å². The molecule has 1 N–H and O–H groups in total. The number of anilines is 2. The Morgan fingerprint density at radius 1 is 1.11 bits per heavy atom. The van der Waals surface area contributed by atoms with E-state index in [1.807, 2.05) is 26.8 Å². The highest BCUT2D eigenvalue weighted by atomic mass is 32.2. The van der Waals surface area contributed by atoms with Crippen LogP contribution >= 0.6 is 0 Å². The number of aryl methyl sites for hydroxylation is 1. The van der Waals surface area contributed by atoms with Gasteiger partial charge in [-0.25, -0.2) is 14.2 Å². The fourth-order valence-electron chi connectivity index (χ4n) is 5.19. The van der Waals surface area contributed by atoms with Crippen molar-refractivity contribution < 1.29 is 31.3 Å². The minimum atomic E-state index is -3.69. The van der Waals surface area contributed by atoms with Crippen LogP contribution in [0.5, 0.6) is 0 Å². The number of hydrogen-bond acceptors (Lipinski definition) is 9. The summed E-state index contributed by atoms with van der Waals surface area (Å²) in [5, 5.41) is 8.05. The van der Waals surface area contributed by atoms with E-state index >= 15 is 0 Å². The highest BCUT2D eigenvalue weighted by molar-refractivity contribution is 7.86. The van der Waals surface area contributed by atoms with Crippen LogP contribution in [0, 0.1) is 12.7 Å². The van der Waals surface area contributed by atoms with E-state index in [2.05, 4.69) is 20.3 Å². The maximum Gasteiger partial charge on any atom is 0.410 e. The largest absolute Gasteiger partial charge is 0.444 e. The van der Waals surface area contributed by atoms with Gasteiger partial charge in [-0.2, -0.15) is 13.5 Å². The average molecular weight is 630 g/mol. The molecule has 1 aliphatic heterocycles. The molecule has 13 nitrogen and oxygen atoms in total. The number of fused-ring (bicyclic) bond motifs is 2. The second-order valence-corrected chi connectivity index (χ2v) is 13.6. The first-order valence-corrected chi connectivity index (χ1v) is 16.0. The maximum atomic E-state index is 14.7. The first-order chi connectivity index (χ1) is 20.6. The Bertz CT molecular complexity index is 1840. The Morgan fingerprint density at radius 3 is 2.48 bits per heavy atom. The lowest BCUT2D eigenvalue weighted by Gasteiger charge is -2.37. The fraction of sp³-hybridized carbons (Fsp3) is 0.448. The molecule has 5 rings (SSSR count). The van der Waals surface area contributed by atoms with E-state index < -0.39 is 33.5 Å². The zero-order chi connectivity index (χ0) is 32.0. The van der Waals surface area contributed by atoms with Crippen molar-refractivity contribution in [3.05, 3.63) is 53.9 Å². The molecule has 0 bridgehead atoms. The summed E-state index contributed by atoms with van der Waals surface area (Å²) in [6, 6.07) is 4.67. The lowest BCUT2D eigenvalue weighted by molar-refractivity contribution is 0.0240. The second-order valence-electron chi connectivity index (χ2n) is 12.0. The van der Waals surface area contributed by atoms with Crippen molar-refractivity contribution in [3.8, 4) is 0 Å². The summed E-state index contributed by atoms with van der Waals surface area (Å²) in [5.74, 6) is -1.08. The normalized spacial score (nSPS) is 15.2. The molecular weight excluding hydrogens is 593 g/mol. The average Bonchev–Trinajstić information content (AvgIpc) is 3.48. The third-order valence-corrected chi connectivity index (χ3v) is 7.56. The van der Waals surface area contributed by atoms with Crippen molar-refractivity contribution in [1.82, 2.24) is 24.1 Å². The number of aromatic nitrogens is 4. The molecule has 2 amide bonds. The van der Waals surface area contributed by atoms with Crippen LogP contribution in [0.15, 0.2) is 36.8 Å². The van der Waals surface area contributed by atoms with Gasteiger partial charge >= 0.3 is 6.09 Å². The molecule has 1 atom stereocenters. The number of nitrogens with one attached hydrogen (secondary N) is 1. The summed E-state index contributed by atoms with van der Waals surface area (Å²) < 4.78 is 51.6. The van der Waals surface area contributed by atoms with Crippen molar-refractivity contribution in [3.63, 3.8) is 0 Å². The van der Waals surface area contributed by atoms with Gasteiger partial charge in [-0.1, -0.05) is 0 Å². The zero-order valence-electron chi connectivity index (χ0n) is 25.5. The molecule has 3 aromatic heterocycles. The lowest BCUT2D eigenvalue weighted by atomic mass is 10.1. The van der Waals surface area contributed by atoms with Gasteiger partial charge in [0.05, 0.1) is 35.8 Å². The van der Waals surface area contributed by atoms with Crippen LogP contribution in [0.4, 0.5) is 20.6 Å². The summed E-state index contributed by atoms with van der Waals surface area (Å²) in [7, 11) is -3.69. The second kappa shape index (κ2) is 11.7. The highest BCUT2D eigenvalue weighted by Gasteiger charge is 2.28. The Labute approximate surface area is 254 Å². The van der Waals surface area contributed by atoms with E-state index in [0.717, 1.165) is 11.9 Å². The molecule has 1 unspecified atom stereocenters. The molecule has 4 aromatic rings. The van der Waals surface area contributed by atoms with Crippen molar-refractivity contribution in [2.75, 3.05) is 42.7 Å². The Balaban J connectivity index is 1.44. The molecule has 0 radical (unpaired) electrons. The van der Waals surface area contributed by atoms with Crippen LogP contribution in [0.25, 0.3) is 16.6 Å². The molecule has 1 aliphatic rings. The molecule has 0 aliphatic carbocycles. The molecule has 1 fully saturated rings. The van der Waals surface area contributed by atoms with Gasteiger partial charge in [0.2, 0.25) is 0 Å². The van der Waals surface area contributed by atoms with E-state index in [0.29, 0.717) is 42.8 Å². The number of rotatable bonds is 7. The first kappa shape index (κ1) is 31.2. The van der Waals surface area contributed by atoms with E-state index in [1.54, 1.807) is 43.4 Å². The van der Waals surface area contributed by atoms with E-state index in [1.165, 1.54) is 15.1 Å².